The molecule has 0 radical (unpaired) electrons. The Bertz CT molecular complexity index is 670. The van der Waals surface area contributed by atoms with Gasteiger partial charge < -0.3 is 0 Å². The van der Waals surface area contributed by atoms with E-state index in [0.29, 0.717) is 0 Å². The SMILES string of the molecule is CC1=CC(=O)n2nc(-c3cccc(Br)c3)cc2C1. The van der Waals surface area contributed by atoms with Crippen LogP contribution >= 0.6 is 15.9 Å². The number of halogens is 1. The highest BCUT2D eigenvalue weighted by Crippen LogP contribution is 2.25. The molecule has 1 aromatic heterocycles. The number of nitrogens with zero attached hydrogens (tertiary/aromatic N) is 2. The van der Waals surface area contributed by atoms with Crippen LogP contribution in [-0.2, 0) is 6.42 Å². The molecule has 0 unspecified atom stereocenters. The summed E-state index contributed by atoms with van der Waals surface area (Å²) in [7, 11) is 0. The average Bonchev–Trinajstić information content (AvgIpc) is 2.73. The first kappa shape index (κ1) is 11.4. The zero-order valence-corrected chi connectivity index (χ0v) is 11.4. The number of rotatable bonds is 1. The second-order valence-electron chi connectivity index (χ2n) is 4.45. The molecule has 0 spiro atoms. The molecule has 0 bridgehead atoms. The van der Waals surface area contributed by atoms with Crippen molar-refractivity contribution in [1.29, 1.82) is 0 Å². The molecule has 1 aliphatic rings. The summed E-state index contributed by atoms with van der Waals surface area (Å²) < 4.78 is 2.50. The van der Waals surface area contributed by atoms with Crippen LogP contribution in [-0.4, -0.2) is 15.7 Å². The van der Waals surface area contributed by atoms with Crippen molar-refractivity contribution < 1.29 is 4.79 Å². The first-order valence-corrected chi connectivity index (χ1v) is 6.49. The third-order valence-corrected chi connectivity index (χ3v) is 3.44. The van der Waals surface area contributed by atoms with Crippen LogP contribution in [0.15, 0.2) is 46.5 Å². The van der Waals surface area contributed by atoms with Crippen LogP contribution in [0, 0.1) is 0 Å². The topological polar surface area (TPSA) is 34.9 Å². The summed E-state index contributed by atoms with van der Waals surface area (Å²) in [6.45, 7) is 1.97. The lowest BCUT2D eigenvalue weighted by molar-refractivity contribution is 0.0946. The largest absolute Gasteiger partial charge is 0.271 e. The van der Waals surface area contributed by atoms with Gasteiger partial charge in [-0.05, 0) is 25.1 Å². The number of fused-ring (bicyclic) bond motifs is 1. The number of hydrogen-bond acceptors (Lipinski definition) is 2. The quantitative estimate of drug-likeness (QED) is 0.808. The summed E-state index contributed by atoms with van der Waals surface area (Å²) >= 11 is 3.44. The third-order valence-electron chi connectivity index (χ3n) is 2.94. The van der Waals surface area contributed by atoms with Crippen molar-refractivity contribution in [1.82, 2.24) is 9.78 Å². The van der Waals surface area contributed by atoms with Crippen LogP contribution in [0.5, 0.6) is 0 Å². The van der Waals surface area contributed by atoms with E-state index in [9.17, 15) is 4.79 Å². The van der Waals surface area contributed by atoms with E-state index in [4.69, 9.17) is 0 Å². The minimum Gasteiger partial charge on any atom is -0.267 e. The standard InChI is InChI=1S/C14H11BrN2O/c1-9-5-12-8-13(16-17(12)14(18)6-9)10-3-2-4-11(15)7-10/h2-4,6-8H,5H2,1H3. The van der Waals surface area contributed by atoms with Gasteiger partial charge in [-0.1, -0.05) is 33.6 Å². The Balaban J connectivity index is 2.07. The van der Waals surface area contributed by atoms with Crippen LogP contribution < -0.4 is 0 Å². The number of benzene rings is 1. The molecular formula is C14H11BrN2O. The zero-order chi connectivity index (χ0) is 12.7. The number of hydrogen-bond donors (Lipinski definition) is 0. The van der Waals surface area contributed by atoms with Crippen molar-refractivity contribution in [3.63, 3.8) is 0 Å². The molecule has 0 atom stereocenters. The van der Waals surface area contributed by atoms with Crippen LogP contribution in [0.1, 0.15) is 17.4 Å². The highest BCUT2D eigenvalue weighted by atomic mass is 79.9. The Morgan fingerprint density at radius 3 is 2.94 bits per heavy atom. The lowest BCUT2D eigenvalue weighted by atomic mass is 10.1. The summed E-state index contributed by atoms with van der Waals surface area (Å²) in [4.78, 5) is 11.8. The second kappa shape index (κ2) is 4.21. The van der Waals surface area contributed by atoms with Gasteiger partial charge in [0.25, 0.3) is 5.91 Å². The molecule has 0 saturated carbocycles. The van der Waals surface area contributed by atoms with E-state index in [1.807, 2.05) is 37.3 Å². The monoisotopic (exact) mass is 302 g/mol. The highest BCUT2D eigenvalue weighted by Gasteiger charge is 2.18. The summed E-state index contributed by atoms with van der Waals surface area (Å²) in [5.41, 5.74) is 3.88. The first-order chi connectivity index (χ1) is 8.63. The molecule has 90 valence electrons. The van der Waals surface area contributed by atoms with Gasteiger partial charge in [0.2, 0.25) is 0 Å². The molecule has 4 heteroatoms. The Morgan fingerprint density at radius 1 is 1.33 bits per heavy atom. The fraction of sp³-hybridized carbons (Fsp3) is 0.143. The normalized spacial score (nSPS) is 14.3. The molecule has 0 aliphatic carbocycles. The predicted molar refractivity (Wildman–Crippen MR) is 73.5 cm³/mol. The van der Waals surface area contributed by atoms with Crippen molar-refractivity contribution in [2.45, 2.75) is 13.3 Å². The van der Waals surface area contributed by atoms with Gasteiger partial charge >= 0.3 is 0 Å². The minimum atomic E-state index is -0.0602. The molecule has 0 saturated heterocycles. The van der Waals surface area contributed by atoms with Crippen LogP contribution in [0.2, 0.25) is 0 Å². The van der Waals surface area contributed by atoms with Gasteiger partial charge in [-0.15, -0.1) is 0 Å². The number of aromatic nitrogens is 2. The summed E-state index contributed by atoms with van der Waals surface area (Å²) in [6, 6.07) is 9.90. The van der Waals surface area contributed by atoms with Gasteiger partial charge in [0.15, 0.2) is 0 Å². The van der Waals surface area contributed by atoms with Gasteiger partial charge in [-0.2, -0.15) is 5.10 Å². The predicted octanol–water partition coefficient (Wildman–Crippen LogP) is 3.46. The molecule has 2 aromatic rings. The Labute approximate surface area is 113 Å². The smallest absolute Gasteiger partial charge is 0.267 e. The summed E-state index contributed by atoms with van der Waals surface area (Å²) in [6.07, 6.45) is 2.43. The van der Waals surface area contributed by atoms with E-state index >= 15 is 0 Å². The maximum atomic E-state index is 11.8. The summed E-state index contributed by atoms with van der Waals surface area (Å²) in [5.74, 6) is -0.0602. The van der Waals surface area contributed by atoms with Crippen molar-refractivity contribution in [2.24, 2.45) is 0 Å². The van der Waals surface area contributed by atoms with Gasteiger partial charge in [0, 0.05) is 22.5 Å². The Hall–Kier alpha value is -1.68. The van der Waals surface area contributed by atoms with E-state index in [1.165, 1.54) is 4.68 Å². The van der Waals surface area contributed by atoms with Crippen LogP contribution in [0.3, 0.4) is 0 Å². The fourth-order valence-corrected chi connectivity index (χ4v) is 2.53. The lowest BCUT2D eigenvalue weighted by Gasteiger charge is -2.09. The van der Waals surface area contributed by atoms with Gasteiger partial charge in [0.1, 0.15) is 0 Å². The van der Waals surface area contributed by atoms with Gasteiger partial charge in [0.05, 0.1) is 11.4 Å². The van der Waals surface area contributed by atoms with Crippen LogP contribution in [0.25, 0.3) is 11.3 Å². The molecule has 2 heterocycles. The Morgan fingerprint density at radius 2 is 2.17 bits per heavy atom. The molecule has 1 aromatic carbocycles. The van der Waals surface area contributed by atoms with E-state index in [-0.39, 0.29) is 5.91 Å². The van der Waals surface area contributed by atoms with Crippen molar-refractivity contribution in [3.05, 3.63) is 52.1 Å². The van der Waals surface area contributed by atoms with E-state index < -0.39 is 0 Å². The molecule has 0 amide bonds. The van der Waals surface area contributed by atoms with Crippen LogP contribution in [0.4, 0.5) is 0 Å². The highest BCUT2D eigenvalue weighted by molar-refractivity contribution is 9.10. The number of allylic oxidation sites excluding steroid dienone is 2. The van der Waals surface area contributed by atoms with Gasteiger partial charge in [-0.25, -0.2) is 4.68 Å². The molecule has 0 fully saturated rings. The molecule has 18 heavy (non-hydrogen) atoms. The van der Waals surface area contributed by atoms with Crippen molar-refractivity contribution in [3.8, 4) is 11.3 Å². The molecule has 1 aliphatic heterocycles. The molecule has 3 nitrogen and oxygen atoms in total. The van der Waals surface area contributed by atoms with Gasteiger partial charge in [-0.3, -0.25) is 4.79 Å². The van der Waals surface area contributed by atoms with Crippen molar-refractivity contribution in [2.75, 3.05) is 0 Å². The maximum absolute atomic E-state index is 11.8. The molecule has 0 N–H and O–H groups in total. The molecule has 3 rings (SSSR count). The van der Waals surface area contributed by atoms with E-state index in [1.54, 1.807) is 6.08 Å². The van der Waals surface area contributed by atoms with E-state index in [0.717, 1.165) is 33.4 Å². The van der Waals surface area contributed by atoms with E-state index in [2.05, 4.69) is 21.0 Å². The third kappa shape index (κ3) is 1.93. The zero-order valence-electron chi connectivity index (χ0n) is 9.85. The summed E-state index contributed by atoms with van der Waals surface area (Å²) in [5, 5.41) is 4.38. The van der Waals surface area contributed by atoms with Crippen molar-refractivity contribution >= 4 is 21.8 Å². The minimum absolute atomic E-state index is 0.0602. The lowest BCUT2D eigenvalue weighted by Crippen LogP contribution is -2.17. The average molecular weight is 303 g/mol. The fourth-order valence-electron chi connectivity index (χ4n) is 2.13. The maximum Gasteiger partial charge on any atom is 0.271 e. The number of carbonyl (C=O) groups is 1. The molecular weight excluding hydrogens is 292 g/mol. The Kier molecular flexibility index (Phi) is 2.67. The number of carbonyl (C=O) groups excluding carboxylic acids is 1. The second-order valence-corrected chi connectivity index (χ2v) is 5.36. The first-order valence-electron chi connectivity index (χ1n) is 5.70.